The molecule has 0 bridgehead atoms. The van der Waals surface area contributed by atoms with Gasteiger partial charge in [0.2, 0.25) is 0 Å². The fourth-order valence-electron chi connectivity index (χ4n) is 1.79. The van der Waals surface area contributed by atoms with Crippen LogP contribution in [-0.4, -0.2) is 18.3 Å². The first-order chi connectivity index (χ1) is 7.67. The van der Waals surface area contributed by atoms with Crippen LogP contribution in [0.2, 0.25) is 0 Å². The van der Waals surface area contributed by atoms with Gasteiger partial charge in [0.15, 0.2) is 0 Å². The molecule has 0 aliphatic heterocycles. The molecule has 1 unspecified atom stereocenters. The Hall–Kier alpha value is -0.860. The first kappa shape index (κ1) is 13.2. The third kappa shape index (κ3) is 3.95. The lowest BCUT2D eigenvalue weighted by Gasteiger charge is -2.13. The fourth-order valence-corrected chi connectivity index (χ4v) is 1.79. The van der Waals surface area contributed by atoms with E-state index in [0.717, 1.165) is 19.5 Å². The van der Waals surface area contributed by atoms with Crippen molar-refractivity contribution in [3.8, 4) is 0 Å². The van der Waals surface area contributed by atoms with Crippen molar-refractivity contribution in [2.45, 2.75) is 33.7 Å². The molecule has 90 valence electrons. The second kappa shape index (κ2) is 6.66. The predicted molar refractivity (Wildman–Crippen MR) is 68.5 cm³/mol. The van der Waals surface area contributed by atoms with Crippen LogP contribution in [0.1, 0.15) is 30.0 Å². The van der Waals surface area contributed by atoms with Gasteiger partial charge in [-0.05, 0) is 37.3 Å². The average Bonchev–Trinajstić information content (AvgIpc) is 2.27. The van der Waals surface area contributed by atoms with Crippen molar-refractivity contribution < 1.29 is 5.11 Å². The third-order valence-electron chi connectivity index (χ3n) is 3.08. The number of rotatable bonds is 6. The topological polar surface area (TPSA) is 32.3 Å². The summed E-state index contributed by atoms with van der Waals surface area (Å²) in [6.45, 7) is 8.43. The molecule has 0 heterocycles. The monoisotopic (exact) mass is 221 g/mol. The molecule has 0 saturated carbocycles. The van der Waals surface area contributed by atoms with Crippen molar-refractivity contribution in [2.24, 2.45) is 5.92 Å². The van der Waals surface area contributed by atoms with Gasteiger partial charge in [-0.1, -0.05) is 30.7 Å². The number of hydrogen-bond donors (Lipinski definition) is 2. The van der Waals surface area contributed by atoms with Crippen molar-refractivity contribution in [1.29, 1.82) is 0 Å². The van der Waals surface area contributed by atoms with Crippen LogP contribution in [0.15, 0.2) is 18.2 Å². The van der Waals surface area contributed by atoms with Gasteiger partial charge in [-0.2, -0.15) is 0 Å². The molecule has 1 aromatic rings. The van der Waals surface area contributed by atoms with E-state index >= 15 is 0 Å². The first-order valence-corrected chi connectivity index (χ1v) is 6.05. The van der Waals surface area contributed by atoms with E-state index in [1.54, 1.807) is 0 Å². The standard InChI is InChI=1S/C14H23NO/c1-4-13(10-16)8-15-9-14-6-5-11(2)7-12(14)3/h5-7,13,15-16H,4,8-10H2,1-3H3. The van der Waals surface area contributed by atoms with Crippen LogP contribution in [-0.2, 0) is 6.54 Å². The Morgan fingerprint density at radius 3 is 2.62 bits per heavy atom. The van der Waals surface area contributed by atoms with Crippen molar-refractivity contribution in [3.63, 3.8) is 0 Å². The van der Waals surface area contributed by atoms with Crippen LogP contribution in [0.4, 0.5) is 0 Å². The number of benzene rings is 1. The second-order valence-electron chi connectivity index (χ2n) is 4.52. The van der Waals surface area contributed by atoms with E-state index in [1.807, 2.05) is 0 Å². The van der Waals surface area contributed by atoms with E-state index in [2.05, 4.69) is 44.3 Å². The Morgan fingerprint density at radius 2 is 2.06 bits per heavy atom. The molecule has 0 aromatic heterocycles. The summed E-state index contributed by atoms with van der Waals surface area (Å²) < 4.78 is 0. The minimum Gasteiger partial charge on any atom is -0.396 e. The molecule has 0 spiro atoms. The number of nitrogens with one attached hydrogen (secondary N) is 1. The van der Waals surface area contributed by atoms with Crippen molar-refractivity contribution >= 4 is 0 Å². The summed E-state index contributed by atoms with van der Waals surface area (Å²) in [4.78, 5) is 0. The highest BCUT2D eigenvalue weighted by atomic mass is 16.3. The number of hydrogen-bond acceptors (Lipinski definition) is 2. The molecular weight excluding hydrogens is 198 g/mol. The minimum absolute atomic E-state index is 0.274. The Bertz CT molecular complexity index is 319. The van der Waals surface area contributed by atoms with Gasteiger partial charge in [-0.15, -0.1) is 0 Å². The van der Waals surface area contributed by atoms with Crippen molar-refractivity contribution in [1.82, 2.24) is 5.32 Å². The molecule has 0 fully saturated rings. The molecular formula is C14H23NO. The molecule has 2 heteroatoms. The largest absolute Gasteiger partial charge is 0.396 e. The summed E-state index contributed by atoms with van der Waals surface area (Å²) in [5.41, 5.74) is 3.99. The summed E-state index contributed by atoms with van der Waals surface area (Å²) in [5, 5.41) is 12.5. The molecule has 2 nitrogen and oxygen atoms in total. The van der Waals surface area contributed by atoms with Crippen LogP contribution < -0.4 is 5.32 Å². The van der Waals surface area contributed by atoms with Crippen molar-refractivity contribution in [3.05, 3.63) is 34.9 Å². The zero-order valence-electron chi connectivity index (χ0n) is 10.6. The van der Waals surface area contributed by atoms with Gasteiger partial charge in [0.05, 0.1) is 0 Å². The number of aliphatic hydroxyl groups excluding tert-OH is 1. The SMILES string of the molecule is CCC(CO)CNCc1ccc(C)cc1C. The Morgan fingerprint density at radius 1 is 1.31 bits per heavy atom. The lowest BCUT2D eigenvalue weighted by Crippen LogP contribution is -2.24. The average molecular weight is 221 g/mol. The highest BCUT2D eigenvalue weighted by Gasteiger charge is 2.04. The maximum atomic E-state index is 9.07. The summed E-state index contributed by atoms with van der Waals surface area (Å²) in [6.07, 6.45) is 1.02. The lowest BCUT2D eigenvalue weighted by atomic mass is 10.0. The van der Waals surface area contributed by atoms with E-state index in [9.17, 15) is 0 Å². The smallest absolute Gasteiger partial charge is 0.0471 e. The summed E-state index contributed by atoms with van der Waals surface area (Å²) in [6, 6.07) is 6.53. The summed E-state index contributed by atoms with van der Waals surface area (Å²) in [7, 11) is 0. The zero-order chi connectivity index (χ0) is 12.0. The Kier molecular flexibility index (Phi) is 5.50. The summed E-state index contributed by atoms with van der Waals surface area (Å²) >= 11 is 0. The highest BCUT2D eigenvalue weighted by Crippen LogP contribution is 2.10. The molecule has 1 atom stereocenters. The van der Waals surface area contributed by atoms with E-state index in [1.165, 1.54) is 16.7 Å². The van der Waals surface area contributed by atoms with Gasteiger partial charge >= 0.3 is 0 Å². The van der Waals surface area contributed by atoms with Crippen LogP contribution in [0.3, 0.4) is 0 Å². The van der Waals surface area contributed by atoms with E-state index in [0.29, 0.717) is 5.92 Å². The van der Waals surface area contributed by atoms with Gasteiger partial charge in [-0.3, -0.25) is 0 Å². The van der Waals surface area contributed by atoms with Gasteiger partial charge in [0.25, 0.3) is 0 Å². The second-order valence-corrected chi connectivity index (χ2v) is 4.52. The van der Waals surface area contributed by atoms with Crippen LogP contribution in [0.25, 0.3) is 0 Å². The first-order valence-electron chi connectivity index (χ1n) is 6.05. The maximum Gasteiger partial charge on any atom is 0.0471 e. The molecule has 1 rings (SSSR count). The Labute approximate surface area is 98.7 Å². The van der Waals surface area contributed by atoms with Gasteiger partial charge in [0, 0.05) is 19.7 Å². The van der Waals surface area contributed by atoms with Gasteiger partial charge < -0.3 is 10.4 Å². The number of aryl methyl sites for hydroxylation is 2. The fraction of sp³-hybridized carbons (Fsp3) is 0.571. The maximum absolute atomic E-state index is 9.07. The molecule has 1 aromatic carbocycles. The third-order valence-corrected chi connectivity index (χ3v) is 3.08. The van der Waals surface area contributed by atoms with Crippen molar-refractivity contribution in [2.75, 3.05) is 13.2 Å². The Balaban J connectivity index is 2.42. The molecule has 16 heavy (non-hydrogen) atoms. The minimum atomic E-state index is 0.274. The highest BCUT2D eigenvalue weighted by molar-refractivity contribution is 5.30. The van der Waals surface area contributed by atoms with Gasteiger partial charge in [0.1, 0.15) is 0 Å². The van der Waals surface area contributed by atoms with E-state index in [4.69, 9.17) is 5.11 Å². The van der Waals surface area contributed by atoms with Crippen LogP contribution in [0, 0.1) is 19.8 Å². The predicted octanol–water partition coefficient (Wildman–Crippen LogP) is 2.41. The zero-order valence-corrected chi connectivity index (χ0v) is 10.6. The molecule has 2 N–H and O–H groups in total. The summed E-state index contributed by atoms with van der Waals surface area (Å²) in [5.74, 6) is 0.380. The quantitative estimate of drug-likeness (QED) is 0.773. The molecule has 0 amide bonds. The molecule has 0 saturated heterocycles. The van der Waals surface area contributed by atoms with Crippen LogP contribution >= 0.6 is 0 Å². The van der Waals surface area contributed by atoms with E-state index < -0.39 is 0 Å². The lowest BCUT2D eigenvalue weighted by molar-refractivity contribution is 0.218. The molecule has 0 aliphatic rings. The van der Waals surface area contributed by atoms with E-state index in [-0.39, 0.29) is 6.61 Å². The van der Waals surface area contributed by atoms with Crippen LogP contribution in [0.5, 0.6) is 0 Å². The number of aliphatic hydroxyl groups is 1. The molecule has 0 radical (unpaired) electrons. The van der Waals surface area contributed by atoms with Gasteiger partial charge in [-0.25, -0.2) is 0 Å². The molecule has 0 aliphatic carbocycles. The normalized spacial score (nSPS) is 12.8.